The predicted molar refractivity (Wildman–Crippen MR) is 75.2 cm³/mol. The predicted octanol–water partition coefficient (Wildman–Crippen LogP) is 3.10. The topological polar surface area (TPSA) is 32.3 Å². The molecule has 0 saturated carbocycles. The van der Waals surface area contributed by atoms with Crippen molar-refractivity contribution in [1.82, 2.24) is 4.90 Å². The van der Waals surface area contributed by atoms with Gasteiger partial charge in [0.1, 0.15) is 0 Å². The van der Waals surface area contributed by atoms with Crippen molar-refractivity contribution in [1.29, 1.82) is 0 Å². The van der Waals surface area contributed by atoms with E-state index in [4.69, 9.17) is 0 Å². The van der Waals surface area contributed by atoms with Gasteiger partial charge in [0.25, 0.3) is 5.91 Å². The lowest BCUT2D eigenvalue weighted by atomic mass is 10.1. The quantitative estimate of drug-likeness (QED) is 0.807. The van der Waals surface area contributed by atoms with Gasteiger partial charge in [-0.1, -0.05) is 32.0 Å². The molecule has 0 saturated heterocycles. The van der Waals surface area contributed by atoms with Gasteiger partial charge in [0.05, 0.1) is 5.57 Å². The zero-order valence-corrected chi connectivity index (χ0v) is 11.1. The molecule has 1 aliphatic heterocycles. The maximum absolute atomic E-state index is 12.0. The molecule has 1 aromatic carbocycles. The number of nitrogens with one attached hydrogen (secondary N) is 1. The Morgan fingerprint density at radius 1 is 1.17 bits per heavy atom. The zero-order valence-electron chi connectivity index (χ0n) is 11.1. The second-order valence-corrected chi connectivity index (χ2v) is 4.58. The van der Waals surface area contributed by atoms with E-state index in [1.807, 2.05) is 30.5 Å². The van der Waals surface area contributed by atoms with Crippen molar-refractivity contribution in [2.45, 2.75) is 26.7 Å². The largest absolute Gasteiger partial charge is 0.377 e. The Morgan fingerprint density at radius 3 is 2.50 bits per heavy atom. The van der Waals surface area contributed by atoms with Gasteiger partial charge >= 0.3 is 0 Å². The van der Waals surface area contributed by atoms with E-state index in [2.05, 4.69) is 24.1 Å². The van der Waals surface area contributed by atoms with Crippen molar-refractivity contribution in [2.75, 3.05) is 18.4 Å². The molecule has 1 N–H and O–H groups in total. The number of carbonyl (C=O) groups excluding carboxylic acids is 1. The molecule has 96 valence electrons. The molecule has 1 heterocycles. The molecule has 0 aliphatic carbocycles. The van der Waals surface area contributed by atoms with E-state index in [1.54, 1.807) is 0 Å². The van der Waals surface area contributed by atoms with Crippen LogP contribution in [0.25, 0.3) is 5.57 Å². The Hall–Kier alpha value is -1.77. The SMILES string of the molecule is CCCN(/C=C1/C(=O)Nc2ccccc21)CCC. The molecule has 0 radical (unpaired) electrons. The minimum absolute atomic E-state index is 0.00778. The molecular weight excluding hydrogens is 224 g/mol. The van der Waals surface area contributed by atoms with Crippen molar-refractivity contribution >= 4 is 17.2 Å². The summed E-state index contributed by atoms with van der Waals surface area (Å²) in [5, 5.41) is 2.90. The molecule has 1 aliphatic rings. The summed E-state index contributed by atoms with van der Waals surface area (Å²) in [6.07, 6.45) is 4.19. The average molecular weight is 244 g/mol. The van der Waals surface area contributed by atoms with Gasteiger partial charge in [0.15, 0.2) is 0 Å². The monoisotopic (exact) mass is 244 g/mol. The van der Waals surface area contributed by atoms with Gasteiger partial charge < -0.3 is 10.2 Å². The van der Waals surface area contributed by atoms with Gasteiger partial charge in [-0.2, -0.15) is 0 Å². The van der Waals surface area contributed by atoms with Gasteiger partial charge in [0, 0.05) is 30.5 Å². The third kappa shape index (κ3) is 2.55. The first-order chi connectivity index (χ1) is 8.76. The van der Waals surface area contributed by atoms with E-state index < -0.39 is 0 Å². The number of hydrogen-bond acceptors (Lipinski definition) is 2. The fraction of sp³-hybridized carbons (Fsp3) is 0.400. The van der Waals surface area contributed by atoms with Crippen LogP contribution < -0.4 is 5.32 Å². The van der Waals surface area contributed by atoms with Crippen molar-refractivity contribution in [3.63, 3.8) is 0 Å². The third-order valence-electron chi connectivity index (χ3n) is 3.04. The van der Waals surface area contributed by atoms with Crippen LogP contribution in [0.15, 0.2) is 30.5 Å². The Morgan fingerprint density at radius 2 is 1.83 bits per heavy atom. The van der Waals surface area contributed by atoms with E-state index in [9.17, 15) is 4.79 Å². The lowest BCUT2D eigenvalue weighted by molar-refractivity contribution is -0.110. The minimum Gasteiger partial charge on any atom is -0.377 e. The highest BCUT2D eigenvalue weighted by atomic mass is 16.2. The molecule has 0 atom stereocenters. The van der Waals surface area contributed by atoms with Crippen molar-refractivity contribution in [3.8, 4) is 0 Å². The van der Waals surface area contributed by atoms with Crippen molar-refractivity contribution < 1.29 is 4.79 Å². The molecule has 0 fully saturated rings. The summed E-state index contributed by atoms with van der Waals surface area (Å²) in [7, 11) is 0. The molecule has 1 amide bonds. The second kappa shape index (κ2) is 5.71. The highest BCUT2D eigenvalue weighted by Gasteiger charge is 2.23. The average Bonchev–Trinajstić information content (AvgIpc) is 2.67. The summed E-state index contributed by atoms with van der Waals surface area (Å²) in [5.74, 6) is 0.00778. The fourth-order valence-electron chi connectivity index (χ4n) is 2.27. The summed E-state index contributed by atoms with van der Waals surface area (Å²) in [6, 6.07) is 7.85. The first-order valence-corrected chi connectivity index (χ1v) is 6.63. The smallest absolute Gasteiger partial charge is 0.257 e. The van der Waals surface area contributed by atoms with Gasteiger partial charge in [-0.25, -0.2) is 0 Å². The van der Waals surface area contributed by atoms with Crippen molar-refractivity contribution in [3.05, 3.63) is 36.0 Å². The zero-order chi connectivity index (χ0) is 13.0. The summed E-state index contributed by atoms with van der Waals surface area (Å²) in [4.78, 5) is 14.2. The normalized spacial score (nSPS) is 15.7. The molecule has 3 nitrogen and oxygen atoms in total. The number of carbonyl (C=O) groups is 1. The number of nitrogens with zero attached hydrogens (tertiary/aromatic N) is 1. The lowest BCUT2D eigenvalue weighted by Gasteiger charge is -2.19. The first kappa shape index (κ1) is 12.7. The summed E-state index contributed by atoms with van der Waals surface area (Å²) in [5.41, 5.74) is 2.72. The maximum atomic E-state index is 12.0. The maximum Gasteiger partial charge on any atom is 0.257 e. The van der Waals surface area contributed by atoms with Crippen LogP contribution in [0.5, 0.6) is 0 Å². The van der Waals surface area contributed by atoms with E-state index >= 15 is 0 Å². The van der Waals surface area contributed by atoms with Crippen LogP contribution in [0.3, 0.4) is 0 Å². The summed E-state index contributed by atoms with van der Waals surface area (Å²) < 4.78 is 0. The van der Waals surface area contributed by atoms with Gasteiger partial charge in [-0.3, -0.25) is 4.79 Å². The number of amides is 1. The molecule has 0 spiro atoms. The van der Waals surface area contributed by atoms with E-state index in [-0.39, 0.29) is 5.91 Å². The Balaban J connectivity index is 2.28. The van der Waals surface area contributed by atoms with E-state index in [0.717, 1.165) is 42.8 Å². The van der Waals surface area contributed by atoms with E-state index in [1.165, 1.54) is 0 Å². The molecule has 1 aromatic rings. The summed E-state index contributed by atoms with van der Waals surface area (Å²) in [6.45, 7) is 6.30. The van der Waals surface area contributed by atoms with Gasteiger partial charge in [-0.15, -0.1) is 0 Å². The molecule has 0 unspecified atom stereocenters. The van der Waals surface area contributed by atoms with Crippen LogP contribution in [0.4, 0.5) is 5.69 Å². The van der Waals surface area contributed by atoms with Crippen LogP contribution >= 0.6 is 0 Å². The molecule has 3 heteroatoms. The second-order valence-electron chi connectivity index (χ2n) is 4.58. The van der Waals surface area contributed by atoms with Crippen LogP contribution in [0.2, 0.25) is 0 Å². The minimum atomic E-state index is 0.00778. The highest BCUT2D eigenvalue weighted by Crippen LogP contribution is 2.31. The molecular formula is C15H20N2O. The molecule has 0 bridgehead atoms. The first-order valence-electron chi connectivity index (χ1n) is 6.63. The van der Waals surface area contributed by atoms with Gasteiger partial charge in [0.2, 0.25) is 0 Å². The molecule has 18 heavy (non-hydrogen) atoms. The standard InChI is InChI=1S/C15H20N2O/c1-3-9-17(10-4-2)11-13-12-7-5-6-8-14(12)16-15(13)18/h5-8,11H,3-4,9-10H2,1-2H3,(H,16,18)/b13-11+. The number of hydrogen-bond donors (Lipinski definition) is 1. The number of benzene rings is 1. The van der Waals surface area contributed by atoms with Crippen LogP contribution in [-0.4, -0.2) is 23.9 Å². The summed E-state index contributed by atoms with van der Waals surface area (Å²) >= 11 is 0. The molecule has 0 aromatic heterocycles. The van der Waals surface area contributed by atoms with E-state index in [0.29, 0.717) is 0 Å². The highest BCUT2D eigenvalue weighted by molar-refractivity contribution is 6.31. The number of fused-ring (bicyclic) bond motifs is 1. The Bertz CT molecular complexity index is 459. The van der Waals surface area contributed by atoms with Crippen LogP contribution in [0.1, 0.15) is 32.3 Å². The lowest BCUT2D eigenvalue weighted by Crippen LogP contribution is -2.20. The van der Waals surface area contributed by atoms with Crippen LogP contribution in [0, 0.1) is 0 Å². The number of rotatable bonds is 5. The number of para-hydroxylation sites is 1. The third-order valence-corrected chi connectivity index (χ3v) is 3.04. The van der Waals surface area contributed by atoms with Crippen LogP contribution in [-0.2, 0) is 4.79 Å². The van der Waals surface area contributed by atoms with Crippen molar-refractivity contribution in [2.24, 2.45) is 0 Å². The molecule has 2 rings (SSSR count). The fourth-order valence-corrected chi connectivity index (χ4v) is 2.27. The number of anilines is 1. The Kier molecular flexibility index (Phi) is 4.03. The van der Waals surface area contributed by atoms with Gasteiger partial charge in [-0.05, 0) is 18.9 Å². The Labute approximate surface area is 108 Å².